The second-order valence-electron chi connectivity index (χ2n) is 2.42. The second kappa shape index (κ2) is 3.85. The lowest BCUT2D eigenvalue weighted by Gasteiger charge is -1.94. The molecule has 4 nitrogen and oxygen atoms in total. The molecule has 1 rings (SSSR count). The minimum atomic E-state index is -3.24. The number of rotatable bonds is 3. The van der Waals surface area contributed by atoms with Crippen molar-refractivity contribution in [3.05, 3.63) is 11.1 Å². The van der Waals surface area contributed by atoms with Crippen LogP contribution in [0.2, 0.25) is 0 Å². The molecule has 0 radical (unpaired) electrons. The Kier molecular flexibility index (Phi) is 3.01. The maximum Gasteiger partial charge on any atom is 0.210 e. The van der Waals surface area contributed by atoms with Crippen molar-refractivity contribution in [2.45, 2.75) is 17.7 Å². The molecular weight excluding hydrogens is 208 g/mol. The molecule has 0 spiro atoms. The zero-order valence-corrected chi connectivity index (χ0v) is 8.65. The first-order valence-electron chi connectivity index (χ1n) is 3.69. The van der Waals surface area contributed by atoms with Crippen molar-refractivity contribution in [2.75, 3.05) is 5.75 Å². The molecule has 0 saturated heterocycles. The molecule has 0 aliphatic rings. The van der Waals surface area contributed by atoms with Crippen molar-refractivity contribution < 1.29 is 8.42 Å². The Labute approximate surface area is 80.8 Å². The second-order valence-corrected chi connectivity index (χ2v) is 5.73. The van der Waals surface area contributed by atoms with Crippen LogP contribution in [0.3, 0.4) is 0 Å². The van der Waals surface area contributed by atoms with E-state index < -0.39 is 9.84 Å². The van der Waals surface area contributed by atoms with E-state index in [4.69, 9.17) is 5.26 Å². The van der Waals surface area contributed by atoms with Crippen molar-refractivity contribution in [3.8, 4) is 6.07 Å². The Morgan fingerprint density at radius 2 is 2.38 bits per heavy atom. The molecule has 1 aromatic heterocycles. The number of thiazole rings is 1. The van der Waals surface area contributed by atoms with E-state index in [0.717, 1.165) is 11.3 Å². The van der Waals surface area contributed by atoms with Crippen LogP contribution in [0.15, 0.2) is 10.5 Å². The van der Waals surface area contributed by atoms with Gasteiger partial charge in [0.05, 0.1) is 11.9 Å². The number of nitrogens with zero attached hydrogens (tertiary/aromatic N) is 2. The molecule has 1 aromatic rings. The van der Waals surface area contributed by atoms with E-state index in [-0.39, 0.29) is 10.1 Å². The van der Waals surface area contributed by atoms with Gasteiger partial charge in [-0.25, -0.2) is 13.4 Å². The van der Waals surface area contributed by atoms with Gasteiger partial charge in [0.15, 0.2) is 0 Å². The van der Waals surface area contributed by atoms with Gasteiger partial charge in [0.25, 0.3) is 0 Å². The molecule has 6 heteroatoms. The third-order valence-corrected chi connectivity index (χ3v) is 4.63. The normalized spacial score (nSPS) is 11.1. The van der Waals surface area contributed by atoms with Gasteiger partial charge >= 0.3 is 0 Å². The average molecular weight is 216 g/mol. The maximum absolute atomic E-state index is 11.4. The Morgan fingerprint density at radius 1 is 1.69 bits per heavy atom. The smallest absolute Gasteiger partial charge is 0.210 e. The Bertz CT molecular complexity index is 428. The van der Waals surface area contributed by atoms with Gasteiger partial charge in [0.2, 0.25) is 14.2 Å². The van der Waals surface area contributed by atoms with Gasteiger partial charge in [-0.15, -0.1) is 0 Å². The zero-order valence-electron chi connectivity index (χ0n) is 7.02. The summed E-state index contributed by atoms with van der Waals surface area (Å²) < 4.78 is 22.8. The third-order valence-electron chi connectivity index (χ3n) is 1.33. The molecular formula is C7H8N2O2S2. The minimum absolute atomic E-state index is 0.0471. The lowest BCUT2D eigenvalue weighted by molar-refractivity contribution is 0.594. The molecule has 0 aliphatic carbocycles. The molecule has 70 valence electrons. The quantitative estimate of drug-likeness (QED) is 0.761. The summed E-state index contributed by atoms with van der Waals surface area (Å²) in [6.45, 7) is 1.79. The standard InChI is InChI=1S/C7H8N2O2S2/c1-2-3-13(10,11)7-9-5-6(4-8)12-7/h5H,2-3H2,1H3. The van der Waals surface area contributed by atoms with Gasteiger partial charge in [0, 0.05) is 0 Å². The first-order valence-corrected chi connectivity index (χ1v) is 6.15. The fourth-order valence-electron chi connectivity index (χ4n) is 0.810. The Balaban J connectivity index is 3.03. The van der Waals surface area contributed by atoms with Crippen molar-refractivity contribution in [3.63, 3.8) is 0 Å². The van der Waals surface area contributed by atoms with E-state index in [1.807, 2.05) is 6.07 Å². The van der Waals surface area contributed by atoms with Gasteiger partial charge in [-0.05, 0) is 6.42 Å². The molecule has 0 saturated carbocycles. The topological polar surface area (TPSA) is 70.8 Å². The molecule has 0 aliphatic heterocycles. The van der Waals surface area contributed by atoms with Crippen LogP contribution in [0.25, 0.3) is 0 Å². The largest absolute Gasteiger partial charge is 0.232 e. The summed E-state index contributed by atoms with van der Waals surface area (Å²) in [5.74, 6) is 0.0887. The molecule has 0 aromatic carbocycles. The lowest BCUT2D eigenvalue weighted by atomic mass is 10.6. The summed E-state index contributed by atoms with van der Waals surface area (Å²) in [7, 11) is -3.24. The third kappa shape index (κ3) is 2.26. The number of hydrogen-bond acceptors (Lipinski definition) is 5. The number of nitriles is 1. The van der Waals surface area contributed by atoms with E-state index in [1.54, 1.807) is 6.92 Å². The van der Waals surface area contributed by atoms with Crippen LogP contribution in [0, 0.1) is 11.3 Å². The number of sulfone groups is 1. The van der Waals surface area contributed by atoms with Crippen LogP contribution in [0.4, 0.5) is 0 Å². The summed E-state index contributed by atoms with van der Waals surface area (Å²) in [6.07, 6.45) is 1.84. The van der Waals surface area contributed by atoms with Crippen molar-refractivity contribution >= 4 is 21.2 Å². The molecule has 0 atom stereocenters. The highest BCUT2D eigenvalue weighted by molar-refractivity contribution is 7.93. The van der Waals surface area contributed by atoms with Crippen molar-refractivity contribution in [1.82, 2.24) is 4.98 Å². The van der Waals surface area contributed by atoms with E-state index >= 15 is 0 Å². The van der Waals surface area contributed by atoms with Crippen molar-refractivity contribution in [2.24, 2.45) is 0 Å². The fourth-order valence-corrected chi connectivity index (χ4v) is 3.21. The predicted molar refractivity (Wildman–Crippen MR) is 49.2 cm³/mol. The van der Waals surface area contributed by atoms with Crippen LogP contribution in [-0.4, -0.2) is 19.2 Å². The predicted octanol–water partition coefficient (Wildman–Crippen LogP) is 1.20. The van der Waals surface area contributed by atoms with E-state index in [9.17, 15) is 8.42 Å². The monoisotopic (exact) mass is 216 g/mol. The summed E-state index contributed by atoms with van der Waals surface area (Å²) in [4.78, 5) is 4.01. The van der Waals surface area contributed by atoms with Gasteiger partial charge in [-0.1, -0.05) is 18.3 Å². The van der Waals surface area contributed by atoms with Crippen LogP contribution in [0.1, 0.15) is 18.2 Å². The molecule has 0 amide bonds. The maximum atomic E-state index is 11.4. The van der Waals surface area contributed by atoms with E-state index in [0.29, 0.717) is 11.3 Å². The molecule has 1 heterocycles. The molecule has 0 fully saturated rings. The first kappa shape index (κ1) is 10.2. The van der Waals surface area contributed by atoms with E-state index in [1.165, 1.54) is 6.20 Å². The van der Waals surface area contributed by atoms with Crippen LogP contribution in [0.5, 0.6) is 0 Å². The molecule has 0 unspecified atom stereocenters. The van der Waals surface area contributed by atoms with Gasteiger partial charge < -0.3 is 0 Å². The highest BCUT2D eigenvalue weighted by Gasteiger charge is 2.17. The Hall–Kier alpha value is -0.930. The first-order chi connectivity index (χ1) is 6.10. The summed E-state index contributed by atoms with van der Waals surface area (Å²) in [6, 6.07) is 1.85. The lowest BCUT2D eigenvalue weighted by Crippen LogP contribution is -2.04. The highest BCUT2D eigenvalue weighted by atomic mass is 32.2. The summed E-state index contributed by atoms with van der Waals surface area (Å²) in [5, 5.41) is 8.47. The van der Waals surface area contributed by atoms with E-state index in [2.05, 4.69) is 4.98 Å². The van der Waals surface area contributed by atoms with Gasteiger partial charge in [-0.2, -0.15) is 5.26 Å². The summed E-state index contributed by atoms with van der Waals surface area (Å²) >= 11 is 0.920. The molecule has 13 heavy (non-hydrogen) atoms. The Morgan fingerprint density at radius 3 is 2.85 bits per heavy atom. The van der Waals surface area contributed by atoms with Crippen molar-refractivity contribution in [1.29, 1.82) is 5.26 Å². The zero-order chi connectivity index (χ0) is 9.90. The van der Waals surface area contributed by atoms with Crippen LogP contribution < -0.4 is 0 Å². The summed E-state index contributed by atoms with van der Waals surface area (Å²) in [5.41, 5.74) is 0. The number of aromatic nitrogens is 1. The minimum Gasteiger partial charge on any atom is -0.232 e. The highest BCUT2D eigenvalue weighted by Crippen LogP contribution is 2.18. The molecule has 0 bridgehead atoms. The molecule has 0 N–H and O–H groups in total. The van der Waals surface area contributed by atoms with Gasteiger partial charge in [0.1, 0.15) is 10.9 Å². The van der Waals surface area contributed by atoms with Crippen LogP contribution in [-0.2, 0) is 9.84 Å². The number of hydrogen-bond donors (Lipinski definition) is 0. The SMILES string of the molecule is CCCS(=O)(=O)c1ncc(C#N)s1. The average Bonchev–Trinajstić information content (AvgIpc) is 2.52. The van der Waals surface area contributed by atoms with Gasteiger partial charge in [-0.3, -0.25) is 0 Å². The van der Waals surface area contributed by atoms with Crippen LogP contribution >= 0.6 is 11.3 Å². The fraction of sp³-hybridized carbons (Fsp3) is 0.429.